The molecule has 4 aliphatic rings. The van der Waals surface area contributed by atoms with Gasteiger partial charge in [-0.1, -0.05) is 12.1 Å². The van der Waals surface area contributed by atoms with E-state index in [1.165, 1.54) is 50.7 Å². The molecule has 0 aliphatic carbocycles. The molecular weight excluding hydrogens is 479 g/mol. The highest BCUT2D eigenvalue weighted by atomic mass is 19.1. The first-order valence-corrected chi connectivity index (χ1v) is 13.7. The van der Waals surface area contributed by atoms with Crippen molar-refractivity contribution in [1.29, 1.82) is 0 Å². The summed E-state index contributed by atoms with van der Waals surface area (Å²) in [6.45, 7) is 13.6. The fourth-order valence-corrected chi connectivity index (χ4v) is 6.22. The number of halogens is 1. The van der Waals surface area contributed by atoms with Gasteiger partial charge in [-0.15, -0.1) is 5.10 Å². The summed E-state index contributed by atoms with van der Waals surface area (Å²) in [5.74, 6) is 0.283. The van der Waals surface area contributed by atoms with Crippen LogP contribution in [0.15, 0.2) is 48.5 Å². The first-order chi connectivity index (χ1) is 18.6. The number of hydrogen-bond acceptors (Lipinski definition) is 5. The van der Waals surface area contributed by atoms with E-state index in [0.29, 0.717) is 17.1 Å². The van der Waals surface area contributed by atoms with Gasteiger partial charge in [0.15, 0.2) is 0 Å². The smallest absolute Gasteiger partial charge is 0.222 e. The first kappa shape index (κ1) is 24.9. The standard InChI is InChI=1S/C30H35FN6O/c1-32-27-8-3-22(19-26(27)31)28-20-29(33-21-30-11-16-35(17-12-30)18-13-30)34-37(28)24-6-4-23(5-7-24)36-14-9-25(38-2)10-15-36/h3-8,19-20,25H,9-18,21H2,2H3,(H,33,34). The number of aromatic nitrogens is 2. The van der Waals surface area contributed by atoms with E-state index in [2.05, 4.69) is 44.2 Å². The van der Waals surface area contributed by atoms with Crippen molar-refractivity contribution in [3.63, 3.8) is 0 Å². The topological polar surface area (TPSA) is 49.9 Å². The van der Waals surface area contributed by atoms with E-state index in [9.17, 15) is 4.39 Å². The molecule has 7 rings (SSSR count). The van der Waals surface area contributed by atoms with E-state index in [1.54, 1.807) is 19.2 Å². The lowest BCUT2D eigenvalue weighted by Gasteiger charge is -2.48. The summed E-state index contributed by atoms with van der Waals surface area (Å²) in [6.07, 6.45) is 6.07. The summed E-state index contributed by atoms with van der Waals surface area (Å²) in [6, 6.07) is 15.2. The SMILES string of the molecule is [C-]#[N+]c1ccc(-c2cc(NCC34CCN(CC3)CC4)nn2-c2ccc(N3CCC(OC)CC3)cc2)cc1F. The molecule has 7 nitrogen and oxygen atoms in total. The summed E-state index contributed by atoms with van der Waals surface area (Å²) in [5.41, 5.74) is 3.97. The van der Waals surface area contributed by atoms with Crippen molar-refractivity contribution in [3.8, 4) is 16.9 Å². The van der Waals surface area contributed by atoms with Crippen LogP contribution in [0.4, 0.5) is 21.6 Å². The Morgan fingerprint density at radius 1 is 1.00 bits per heavy atom. The monoisotopic (exact) mass is 514 g/mol. The molecule has 0 amide bonds. The van der Waals surface area contributed by atoms with Crippen molar-refractivity contribution in [1.82, 2.24) is 14.7 Å². The second-order valence-electron chi connectivity index (χ2n) is 11.0. The fourth-order valence-electron chi connectivity index (χ4n) is 6.22. The summed E-state index contributed by atoms with van der Waals surface area (Å²) in [5, 5.41) is 8.57. The molecule has 4 aliphatic heterocycles. The summed E-state index contributed by atoms with van der Waals surface area (Å²) < 4.78 is 22.0. The van der Waals surface area contributed by atoms with Crippen molar-refractivity contribution >= 4 is 17.2 Å². The van der Waals surface area contributed by atoms with Crippen LogP contribution in [0.1, 0.15) is 32.1 Å². The highest BCUT2D eigenvalue weighted by Crippen LogP contribution is 2.40. The number of hydrogen-bond donors (Lipinski definition) is 1. The van der Waals surface area contributed by atoms with Gasteiger partial charge < -0.3 is 19.9 Å². The lowest BCUT2D eigenvalue weighted by Crippen LogP contribution is -2.50. The maximum Gasteiger partial charge on any atom is 0.222 e. The van der Waals surface area contributed by atoms with E-state index in [0.717, 1.165) is 49.7 Å². The molecule has 38 heavy (non-hydrogen) atoms. The first-order valence-electron chi connectivity index (χ1n) is 13.7. The van der Waals surface area contributed by atoms with Gasteiger partial charge in [0.2, 0.25) is 5.69 Å². The van der Waals surface area contributed by atoms with E-state index in [1.807, 2.05) is 10.7 Å². The molecule has 8 heteroatoms. The minimum Gasteiger partial charge on any atom is -0.381 e. The molecular formula is C30H35FN6O. The van der Waals surface area contributed by atoms with Crippen LogP contribution in [-0.2, 0) is 4.74 Å². The van der Waals surface area contributed by atoms with Crippen molar-refractivity contribution in [2.45, 2.75) is 38.2 Å². The molecule has 198 valence electrons. The predicted octanol–water partition coefficient (Wildman–Crippen LogP) is 5.74. The van der Waals surface area contributed by atoms with Crippen molar-refractivity contribution in [3.05, 3.63) is 65.8 Å². The normalized spacial score (nSPS) is 23.4. The van der Waals surface area contributed by atoms with Gasteiger partial charge in [-0.05, 0) is 87.5 Å². The predicted molar refractivity (Wildman–Crippen MR) is 149 cm³/mol. The van der Waals surface area contributed by atoms with Crippen LogP contribution in [0.3, 0.4) is 0 Å². The van der Waals surface area contributed by atoms with Crippen molar-refractivity contribution in [2.75, 3.05) is 56.6 Å². The number of methoxy groups -OCH3 is 1. The molecule has 0 spiro atoms. The quantitative estimate of drug-likeness (QED) is 0.408. The van der Waals surface area contributed by atoms with Gasteiger partial charge >= 0.3 is 0 Å². The molecule has 5 heterocycles. The molecule has 1 aromatic heterocycles. The van der Waals surface area contributed by atoms with Crippen LogP contribution in [0.5, 0.6) is 0 Å². The maximum atomic E-state index is 14.6. The van der Waals surface area contributed by atoms with Gasteiger partial charge in [-0.25, -0.2) is 13.9 Å². The zero-order valence-electron chi connectivity index (χ0n) is 22.0. The molecule has 0 radical (unpaired) electrons. The second-order valence-corrected chi connectivity index (χ2v) is 11.0. The Morgan fingerprint density at radius 3 is 2.32 bits per heavy atom. The van der Waals surface area contributed by atoms with Gasteiger partial charge in [0.05, 0.1) is 24.1 Å². The molecule has 1 N–H and O–H groups in total. The Balaban J connectivity index is 1.28. The number of piperidine rings is 4. The molecule has 0 unspecified atom stereocenters. The average molecular weight is 515 g/mol. The molecule has 2 aromatic carbocycles. The molecule has 2 bridgehead atoms. The number of anilines is 2. The van der Waals surface area contributed by atoms with E-state index >= 15 is 0 Å². The summed E-state index contributed by atoms with van der Waals surface area (Å²) in [4.78, 5) is 8.23. The van der Waals surface area contributed by atoms with Crippen LogP contribution in [0, 0.1) is 17.8 Å². The number of ether oxygens (including phenoxy) is 1. The Hall–Kier alpha value is -3.41. The Labute approximate surface area is 224 Å². The van der Waals surface area contributed by atoms with Gasteiger partial charge in [0.1, 0.15) is 11.6 Å². The summed E-state index contributed by atoms with van der Waals surface area (Å²) in [7, 11) is 1.79. The van der Waals surface area contributed by atoms with Crippen LogP contribution in [0.25, 0.3) is 21.8 Å². The third-order valence-corrected chi connectivity index (χ3v) is 8.83. The third kappa shape index (κ3) is 4.89. The number of benzene rings is 2. The molecule has 3 aromatic rings. The van der Waals surface area contributed by atoms with Gasteiger partial charge in [-0.2, -0.15) is 0 Å². The second kappa shape index (κ2) is 10.4. The van der Waals surface area contributed by atoms with Gasteiger partial charge in [0, 0.05) is 44.1 Å². The Bertz CT molecular complexity index is 1300. The number of rotatable bonds is 7. The lowest BCUT2D eigenvalue weighted by molar-refractivity contribution is 0.0360. The van der Waals surface area contributed by atoms with Crippen molar-refractivity contribution in [2.24, 2.45) is 5.41 Å². The molecule has 4 saturated heterocycles. The number of fused-ring (bicyclic) bond motifs is 3. The minimum absolute atomic E-state index is 0.0301. The molecule has 0 saturated carbocycles. The zero-order valence-corrected chi connectivity index (χ0v) is 22.0. The highest BCUT2D eigenvalue weighted by Gasteiger charge is 2.39. The Kier molecular flexibility index (Phi) is 6.81. The van der Waals surface area contributed by atoms with Crippen molar-refractivity contribution < 1.29 is 9.13 Å². The van der Waals surface area contributed by atoms with Gasteiger partial charge in [-0.3, -0.25) is 0 Å². The summed E-state index contributed by atoms with van der Waals surface area (Å²) >= 11 is 0. The van der Waals surface area contributed by atoms with E-state index in [4.69, 9.17) is 16.4 Å². The van der Waals surface area contributed by atoms with Gasteiger partial charge in [0.25, 0.3) is 0 Å². The highest BCUT2D eigenvalue weighted by molar-refractivity contribution is 5.69. The number of nitrogens with zero attached hydrogens (tertiary/aromatic N) is 5. The van der Waals surface area contributed by atoms with Crippen LogP contribution < -0.4 is 10.2 Å². The van der Waals surface area contributed by atoms with E-state index in [-0.39, 0.29) is 5.69 Å². The maximum absolute atomic E-state index is 14.6. The fraction of sp³-hybridized carbons (Fsp3) is 0.467. The average Bonchev–Trinajstić information content (AvgIpc) is 3.42. The minimum atomic E-state index is -0.512. The lowest BCUT2D eigenvalue weighted by atomic mass is 9.72. The number of nitrogens with one attached hydrogen (secondary N) is 1. The van der Waals surface area contributed by atoms with E-state index < -0.39 is 5.82 Å². The zero-order chi connectivity index (χ0) is 26.1. The van der Waals surface area contributed by atoms with Crippen LogP contribution in [-0.4, -0.2) is 67.2 Å². The Morgan fingerprint density at radius 2 is 1.68 bits per heavy atom. The largest absolute Gasteiger partial charge is 0.381 e. The molecule has 4 fully saturated rings. The third-order valence-electron chi connectivity index (χ3n) is 8.83. The van der Waals surface area contributed by atoms with Crippen LogP contribution >= 0.6 is 0 Å². The van der Waals surface area contributed by atoms with Crippen LogP contribution in [0.2, 0.25) is 0 Å². The molecule has 0 atom stereocenters.